The fourth-order valence-electron chi connectivity index (χ4n) is 7.32. The molecule has 0 spiro atoms. The van der Waals surface area contributed by atoms with Gasteiger partial charge in [0.2, 0.25) is 0 Å². The Bertz CT molecular complexity index is 2030. The van der Waals surface area contributed by atoms with Gasteiger partial charge in [0.15, 0.2) is 0 Å². The Morgan fingerprint density at radius 2 is 1.70 bits per heavy atom. The van der Waals surface area contributed by atoms with Crippen molar-refractivity contribution in [2.45, 2.75) is 67.3 Å². The number of fused-ring (bicyclic) bond motifs is 8. The molecule has 10 heteroatoms. The maximum Gasteiger partial charge on any atom is 2.00 e. The van der Waals surface area contributed by atoms with Crippen molar-refractivity contribution in [1.29, 1.82) is 0 Å². The monoisotopic (exact) mass is 633 g/mol. The van der Waals surface area contributed by atoms with E-state index in [1.54, 1.807) is 0 Å². The van der Waals surface area contributed by atoms with Crippen LogP contribution in [0.15, 0.2) is 12.3 Å². The van der Waals surface area contributed by atoms with Gasteiger partial charge in [0.25, 0.3) is 0 Å². The number of rotatable bonds is 6. The van der Waals surface area contributed by atoms with Crippen molar-refractivity contribution in [2.24, 2.45) is 17.8 Å². The van der Waals surface area contributed by atoms with Crippen LogP contribution in [-0.2, 0) is 20.7 Å². The van der Waals surface area contributed by atoms with Gasteiger partial charge in [-0.3, -0.25) is 9.59 Å². The van der Waals surface area contributed by atoms with Crippen molar-refractivity contribution >= 4 is 70.6 Å². The summed E-state index contributed by atoms with van der Waals surface area (Å²) in [6, 6.07) is -0.476. The van der Waals surface area contributed by atoms with Gasteiger partial charge in [0, 0.05) is 23.3 Å². The quantitative estimate of drug-likeness (QED) is 0.273. The number of nitrogens with zero attached hydrogens (tertiary/aromatic N) is 3. The smallest absolute Gasteiger partial charge is 0.657 e. The van der Waals surface area contributed by atoms with E-state index >= 15 is 0 Å². The van der Waals surface area contributed by atoms with Gasteiger partial charge in [-0.1, -0.05) is 74.4 Å². The van der Waals surface area contributed by atoms with Gasteiger partial charge in [-0.15, -0.1) is 33.1 Å². The Balaban J connectivity index is 0.00000240. The average molecular weight is 634 g/mol. The second-order valence-corrected chi connectivity index (χ2v) is 12.0. The summed E-state index contributed by atoms with van der Waals surface area (Å²) >= 11 is 0. The van der Waals surface area contributed by atoms with Crippen LogP contribution in [0.2, 0.25) is 0 Å². The van der Waals surface area contributed by atoms with E-state index in [0.29, 0.717) is 28.3 Å². The number of aliphatic hydroxyl groups is 1. The zero-order valence-electron chi connectivity index (χ0n) is 26.6. The van der Waals surface area contributed by atoms with Crippen molar-refractivity contribution in [3.05, 3.63) is 78.4 Å². The summed E-state index contributed by atoms with van der Waals surface area (Å²) in [7, 11) is 1.30. The predicted molar refractivity (Wildman–Crippen MR) is 180 cm³/mol. The number of aliphatic carboxylic acids is 1. The fraction of sp³-hybridized carbons (Fsp3) is 0.389. The number of esters is 1. The first-order valence-corrected chi connectivity index (χ1v) is 15.0. The van der Waals surface area contributed by atoms with E-state index in [1.165, 1.54) is 7.11 Å². The Morgan fingerprint density at radius 1 is 1.02 bits per heavy atom. The van der Waals surface area contributed by atoms with Gasteiger partial charge in [0.1, 0.15) is 11.7 Å². The van der Waals surface area contributed by atoms with Crippen molar-refractivity contribution in [3.8, 4) is 0 Å². The van der Waals surface area contributed by atoms with Gasteiger partial charge in [-0.25, -0.2) is 0 Å². The molecule has 3 aromatic heterocycles. The Morgan fingerprint density at radius 3 is 2.33 bits per heavy atom. The van der Waals surface area contributed by atoms with Crippen molar-refractivity contribution in [3.63, 3.8) is 0 Å². The van der Waals surface area contributed by atoms with Gasteiger partial charge in [-0.05, 0) is 50.7 Å². The van der Waals surface area contributed by atoms with E-state index in [4.69, 9.17) is 19.7 Å². The molecule has 1 aliphatic carbocycles. The molecular weight excluding hydrogens is 593 g/mol. The number of nitrogens with one attached hydrogen (secondary N) is 1. The van der Waals surface area contributed by atoms with Gasteiger partial charge >= 0.3 is 35.0 Å². The van der Waals surface area contributed by atoms with Gasteiger partial charge in [-0.2, -0.15) is 0 Å². The van der Waals surface area contributed by atoms with E-state index in [2.05, 4.69) is 32.7 Å². The minimum atomic E-state index is -1.05. The second kappa shape index (κ2) is 13.1. The third kappa shape index (κ3) is 5.35. The molecule has 6 rings (SSSR count). The van der Waals surface area contributed by atoms with Crippen LogP contribution in [0.25, 0.3) is 35.6 Å². The van der Waals surface area contributed by atoms with Crippen molar-refractivity contribution < 1.29 is 24.5 Å². The molecule has 46 heavy (non-hydrogen) atoms. The zero-order chi connectivity index (χ0) is 31.6. The molecule has 3 aromatic rings. The Labute approximate surface area is 285 Å². The van der Waals surface area contributed by atoms with Crippen LogP contribution in [0.5, 0.6) is 0 Å². The molecule has 8 bridgehead atoms. The molecule has 1 saturated heterocycles. The number of carbonyl (C=O) groups is 2. The van der Waals surface area contributed by atoms with Crippen LogP contribution in [0.3, 0.4) is 0 Å². The topological polar surface area (TPSA) is 138 Å². The van der Waals surface area contributed by atoms with E-state index in [1.807, 2.05) is 38.2 Å². The third-order valence-electron chi connectivity index (χ3n) is 9.78. The number of allylic oxidation sites excluding steroid dienone is 1. The molecular formula is C36H41MgN4O5-. The normalized spacial score (nSPS) is 23.5. The van der Waals surface area contributed by atoms with Crippen LogP contribution in [0.4, 0.5) is 0 Å². The predicted octanol–water partition coefficient (Wildman–Crippen LogP) is 1.66. The first kappa shape index (κ1) is 35.0. The second-order valence-electron chi connectivity index (χ2n) is 12.0. The van der Waals surface area contributed by atoms with Crippen LogP contribution in [0, 0.1) is 38.5 Å². The van der Waals surface area contributed by atoms with Gasteiger partial charge in [0.05, 0.1) is 13.2 Å². The van der Waals surface area contributed by atoms with E-state index < -0.39 is 23.9 Å². The number of carboxylic acid groups (broad SMARTS) is 1. The van der Waals surface area contributed by atoms with Crippen molar-refractivity contribution in [2.75, 3.05) is 7.11 Å². The summed E-state index contributed by atoms with van der Waals surface area (Å²) in [6.45, 7) is 14.2. The minimum absolute atomic E-state index is 0. The average Bonchev–Trinajstić information content (AvgIpc) is 3.72. The molecule has 238 valence electrons. The Kier molecular flexibility index (Phi) is 9.94. The molecule has 9 nitrogen and oxygen atoms in total. The van der Waals surface area contributed by atoms with Crippen LogP contribution in [-0.4, -0.2) is 58.4 Å². The molecule has 3 N–H and O–H groups in total. The summed E-state index contributed by atoms with van der Waals surface area (Å²) in [4.78, 5) is 40.0. The molecule has 2 aliphatic heterocycles. The maximum atomic E-state index is 13.3. The largest absolute Gasteiger partial charge is 2.00 e. The number of methoxy groups -OCH3 is 1. The first-order valence-electron chi connectivity index (χ1n) is 15.0. The number of carboxylic acids is 1. The molecule has 0 amide bonds. The number of carbonyl (C=O) groups excluding carboxylic acids is 1. The SMILES string of the molecule is C.C=Cc1c2[n-]c(c1C)/C=C1\NC(C3=c4[n-]c(c(C)c4=C(O)[C@@H]3C(=O)OC)/C=c3\[n-]/c(c(C)c3CC)=C\2)[C@@H](CCC(=O)O)[C@@H]1C.[Mg+2]. The number of ether oxygens (including phenoxy) is 1. The number of aliphatic hydroxyl groups excluding tert-OH is 1. The van der Waals surface area contributed by atoms with E-state index in [0.717, 1.165) is 62.0 Å². The van der Waals surface area contributed by atoms with Crippen molar-refractivity contribution in [1.82, 2.24) is 20.3 Å². The van der Waals surface area contributed by atoms with Crippen LogP contribution >= 0.6 is 0 Å². The standard InChI is InChI=1S/C35H37N4O5.CH4.Mg/c1-8-19-15(3)22-12-24-17(5)21(10-11-28(40)41)32(38-24)30-31(35(43)44-7)34(42)29-18(6)25(39-33(29)30)14-27-20(9-2)16(4)23(37-27)13-26(19)36-22;;/h8,12-14,17,21,31-32,38,42H,1,9-11H2,2-7H3,(H,40,41);1H4;/q-3;;+2/b23-13-,24-12-,27-14-;;/t17-,21-,31+,32?;;/m0../s1. The maximum absolute atomic E-state index is 13.3. The van der Waals surface area contributed by atoms with Gasteiger partial charge < -0.3 is 35.2 Å². The first-order chi connectivity index (χ1) is 21.0. The molecule has 5 heterocycles. The number of aromatic nitrogens is 3. The molecule has 1 fully saturated rings. The molecule has 0 saturated carbocycles. The summed E-state index contributed by atoms with van der Waals surface area (Å²) in [5.74, 6) is -2.93. The molecule has 0 aromatic carbocycles. The number of hydrogen-bond donors (Lipinski definition) is 3. The fourth-order valence-corrected chi connectivity index (χ4v) is 7.32. The zero-order valence-corrected chi connectivity index (χ0v) is 28.0. The van der Waals surface area contributed by atoms with Crippen LogP contribution in [0.1, 0.15) is 79.0 Å². The summed E-state index contributed by atoms with van der Waals surface area (Å²) in [5, 5.41) is 27.5. The van der Waals surface area contributed by atoms with Crippen LogP contribution < -0.4 is 41.5 Å². The molecule has 3 aliphatic rings. The summed E-state index contributed by atoms with van der Waals surface area (Å²) in [6.07, 6.45) is 8.87. The molecule has 4 atom stereocenters. The molecule has 0 radical (unpaired) electrons. The summed E-state index contributed by atoms with van der Waals surface area (Å²) in [5.41, 5.74) is 8.50. The Hall–Kier alpha value is -3.89. The summed E-state index contributed by atoms with van der Waals surface area (Å²) < 4.78 is 5.18. The molecule has 1 unspecified atom stereocenters. The van der Waals surface area contributed by atoms with E-state index in [9.17, 15) is 19.8 Å². The number of hydrogen-bond acceptors (Lipinski definition) is 5. The van der Waals surface area contributed by atoms with E-state index in [-0.39, 0.29) is 54.5 Å². The minimum Gasteiger partial charge on any atom is -0.657 e. The third-order valence-corrected chi connectivity index (χ3v) is 9.78.